The Hall–Kier alpha value is -3.01. The average molecular weight is 416 g/mol. The van der Waals surface area contributed by atoms with Gasteiger partial charge in [-0.3, -0.25) is 14.5 Å². The van der Waals surface area contributed by atoms with Gasteiger partial charge in [-0.05, 0) is 39.7 Å². The van der Waals surface area contributed by atoms with E-state index in [2.05, 4.69) is 23.6 Å². The summed E-state index contributed by atoms with van der Waals surface area (Å²) in [6.45, 7) is 9.25. The topological polar surface area (TPSA) is 87.7 Å². The summed E-state index contributed by atoms with van der Waals surface area (Å²) in [5.41, 5.74) is 0.848. The summed E-state index contributed by atoms with van der Waals surface area (Å²) >= 11 is 0. The number of nitrogens with zero attached hydrogens (tertiary/aromatic N) is 1. The van der Waals surface area contributed by atoms with E-state index in [4.69, 9.17) is 11.2 Å². The van der Waals surface area contributed by atoms with E-state index in [-0.39, 0.29) is 12.5 Å². The molecule has 0 heterocycles. The number of amides is 3. The number of unbranched alkanes of at least 4 members (excludes halogenated alkanes) is 2. The Kier molecular flexibility index (Phi) is 9.90. The van der Waals surface area contributed by atoms with Gasteiger partial charge in [0, 0.05) is 12.6 Å². The van der Waals surface area contributed by atoms with Crippen molar-refractivity contribution in [2.75, 3.05) is 13.1 Å². The number of ether oxygens (including phenoxy) is 1. The maximum Gasteiger partial charge on any atom is 0.408 e. The fourth-order valence-electron chi connectivity index (χ4n) is 2.78. The van der Waals surface area contributed by atoms with Crippen LogP contribution in [0.25, 0.3) is 0 Å². The van der Waals surface area contributed by atoms with E-state index in [1.807, 2.05) is 19.1 Å². The minimum atomic E-state index is -0.996. The van der Waals surface area contributed by atoms with Crippen molar-refractivity contribution < 1.29 is 19.1 Å². The predicted octanol–water partition coefficient (Wildman–Crippen LogP) is 3.29. The number of nitrogens with one attached hydrogen (secondary N) is 2. The molecule has 0 aliphatic rings. The fourth-order valence-corrected chi connectivity index (χ4v) is 2.78. The van der Waals surface area contributed by atoms with Crippen molar-refractivity contribution in [3.05, 3.63) is 35.4 Å². The molecule has 0 bridgehead atoms. The number of rotatable bonds is 9. The molecule has 1 aromatic carbocycles. The lowest BCUT2D eigenvalue weighted by atomic mass is 10.0. The molecule has 7 nitrogen and oxygen atoms in total. The van der Waals surface area contributed by atoms with Gasteiger partial charge in [-0.1, -0.05) is 56.0 Å². The summed E-state index contributed by atoms with van der Waals surface area (Å²) in [7, 11) is 0. The van der Waals surface area contributed by atoms with Crippen LogP contribution in [0, 0.1) is 19.4 Å². The SMILES string of the molecule is C#CN(C(=O)CNC(=O)OC(C)(C)C)C(C(=O)NCCCCC)c1cccc(C)c1. The molecule has 30 heavy (non-hydrogen) atoms. The first kappa shape index (κ1) is 25.0. The molecule has 0 saturated carbocycles. The number of aryl methyl sites for hydroxylation is 1. The van der Waals surface area contributed by atoms with E-state index in [9.17, 15) is 14.4 Å². The second-order valence-electron chi connectivity index (χ2n) is 8.06. The first-order valence-electron chi connectivity index (χ1n) is 10.2. The van der Waals surface area contributed by atoms with Crippen LogP contribution in [0.15, 0.2) is 24.3 Å². The molecule has 2 N–H and O–H groups in total. The van der Waals surface area contributed by atoms with Crippen molar-refractivity contribution in [1.82, 2.24) is 15.5 Å². The molecule has 1 atom stereocenters. The average Bonchev–Trinajstić information content (AvgIpc) is 2.66. The van der Waals surface area contributed by atoms with Gasteiger partial charge in [0.2, 0.25) is 5.91 Å². The largest absolute Gasteiger partial charge is 0.444 e. The van der Waals surface area contributed by atoms with Crippen LogP contribution >= 0.6 is 0 Å². The number of carbonyl (C=O) groups is 3. The molecule has 3 amide bonds. The van der Waals surface area contributed by atoms with Crippen LogP contribution in [0.3, 0.4) is 0 Å². The van der Waals surface area contributed by atoms with Crippen molar-refractivity contribution in [1.29, 1.82) is 0 Å². The van der Waals surface area contributed by atoms with Gasteiger partial charge in [0.25, 0.3) is 5.91 Å². The van der Waals surface area contributed by atoms with Crippen LogP contribution in [0.4, 0.5) is 4.79 Å². The van der Waals surface area contributed by atoms with E-state index in [0.717, 1.165) is 29.7 Å². The summed E-state index contributed by atoms with van der Waals surface area (Å²) in [5.74, 6) is -0.946. The van der Waals surface area contributed by atoms with Gasteiger partial charge >= 0.3 is 6.09 Å². The molecule has 164 valence electrons. The molecule has 0 aliphatic heterocycles. The summed E-state index contributed by atoms with van der Waals surface area (Å²) in [5, 5.41) is 5.25. The summed E-state index contributed by atoms with van der Waals surface area (Å²) in [6, 6.07) is 8.58. The molecule has 0 saturated heterocycles. The third-order valence-corrected chi connectivity index (χ3v) is 4.13. The molecule has 0 spiro atoms. The van der Waals surface area contributed by atoms with Crippen molar-refractivity contribution >= 4 is 17.9 Å². The third kappa shape index (κ3) is 8.56. The van der Waals surface area contributed by atoms with Gasteiger partial charge in [0.15, 0.2) is 0 Å². The van der Waals surface area contributed by atoms with Crippen LogP contribution in [0.2, 0.25) is 0 Å². The van der Waals surface area contributed by atoms with Crippen LogP contribution in [-0.2, 0) is 14.3 Å². The zero-order valence-electron chi connectivity index (χ0n) is 18.6. The van der Waals surface area contributed by atoms with Gasteiger partial charge in [-0.2, -0.15) is 0 Å². The van der Waals surface area contributed by atoms with Gasteiger partial charge in [0.1, 0.15) is 18.2 Å². The Morgan fingerprint density at radius 1 is 1.20 bits per heavy atom. The minimum Gasteiger partial charge on any atom is -0.444 e. The summed E-state index contributed by atoms with van der Waals surface area (Å²) < 4.78 is 5.13. The molecule has 0 fully saturated rings. The number of hydrogen-bond donors (Lipinski definition) is 2. The molecule has 1 aromatic rings. The van der Waals surface area contributed by atoms with E-state index in [0.29, 0.717) is 12.1 Å². The molecule has 0 aliphatic carbocycles. The lowest BCUT2D eigenvalue weighted by Crippen LogP contribution is -2.46. The molecule has 0 radical (unpaired) electrons. The first-order valence-corrected chi connectivity index (χ1v) is 10.2. The quantitative estimate of drug-likeness (QED) is 0.368. The summed E-state index contributed by atoms with van der Waals surface area (Å²) in [6.07, 6.45) is 7.73. The predicted molar refractivity (Wildman–Crippen MR) is 116 cm³/mol. The molecule has 0 aromatic heterocycles. The van der Waals surface area contributed by atoms with E-state index in [1.165, 1.54) is 0 Å². The standard InChI is InChI=1S/C23H33N3O4/c1-7-9-10-14-24-21(28)20(18-13-11-12-17(3)15-18)26(8-2)19(27)16-25-22(29)30-23(4,5)6/h2,11-13,15,20H,7,9-10,14,16H2,1,3-6H3,(H,24,28)(H,25,29). The van der Waals surface area contributed by atoms with Crippen LogP contribution < -0.4 is 10.6 Å². The molecule has 1 unspecified atom stereocenters. The Morgan fingerprint density at radius 3 is 2.47 bits per heavy atom. The van der Waals surface area contributed by atoms with E-state index < -0.39 is 23.6 Å². The monoisotopic (exact) mass is 415 g/mol. The number of alkyl carbamates (subject to hydrolysis) is 1. The van der Waals surface area contributed by atoms with Crippen molar-refractivity contribution in [3.8, 4) is 12.5 Å². The highest BCUT2D eigenvalue weighted by molar-refractivity contribution is 5.91. The highest BCUT2D eigenvalue weighted by atomic mass is 16.6. The lowest BCUT2D eigenvalue weighted by molar-refractivity contribution is -0.136. The molecule has 7 heteroatoms. The van der Waals surface area contributed by atoms with Crippen molar-refractivity contribution in [3.63, 3.8) is 0 Å². The van der Waals surface area contributed by atoms with Gasteiger partial charge < -0.3 is 15.4 Å². The zero-order valence-corrected chi connectivity index (χ0v) is 18.6. The maximum atomic E-state index is 12.9. The molecule has 1 rings (SSSR count). The second-order valence-corrected chi connectivity index (χ2v) is 8.06. The van der Waals surface area contributed by atoms with Crippen LogP contribution in [0.5, 0.6) is 0 Å². The van der Waals surface area contributed by atoms with Gasteiger partial charge in [-0.15, -0.1) is 0 Å². The second kappa shape index (κ2) is 11.9. The normalized spacial score (nSPS) is 11.7. The van der Waals surface area contributed by atoms with Gasteiger partial charge in [0.05, 0.1) is 0 Å². The zero-order chi connectivity index (χ0) is 22.7. The Balaban J connectivity index is 2.99. The Labute approximate surface area is 179 Å². The number of terminal acetylenes is 1. The van der Waals surface area contributed by atoms with Crippen LogP contribution in [0.1, 0.15) is 64.1 Å². The lowest BCUT2D eigenvalue weighted by Gasteiger charge is -2.27. The smallest absolute Gasteiger partial charge is 0.408 e. The fraction of sp³-hybridized carbons (Fsp3) is 0.522. The third-order valence-electron chi connectivity index (χ3n) is 4.13. The minimum absolute atomic E-state index is 0.361. The van der Waals surface area contributed by atoms with E-state index in [1.54, 1.807) is 32.9 Å². The number of benzene rings is 1. The van der Waals surface area contributed by atoms with Crippen molar-refractivity contribution in [2.45, 2.75) is 65.5 Å². The van der Waals surface area contributed by atoms with Crippen LogP contribution in [-0.4, -0.2) is 41.5 Å². The number of hydrogen-bond acceptors (Lipinski definition) is 4. The van der Waals surface area contributed by atoms with Crippen molar-refractivity contribution in [2.24, 2.45) is 0 Å². The highest BCUT2D eigenvalue weighted by Gasteiger charge is 2.31. The van der Waals surface area contributed by atoms with E-state index >= 15 is 0 Å². The van der Waals surface area contributed by atoms with Gasteiger partial charge in [-0.25, -0.2) is 4.79 Å². The summed E-state index contributed by atoms with van der Waals surface area (Å²) in [4.78, 5) is 38.6. The Bertz CT molecular complexity index is 777. The molecular formula is C23H33N3O4. The highest BCUT2D eigenvalue weighted by Crippen LogP contribution is 2.22. The first-order chi connectivity index (χ1) is 14.1. The maximum absolute atomic E-state index is 12.9. The Morgan fingerprint density at radius 2 is 1.90 bits per heavy atom. The molecular weight excluding hydrogens is 382 g/mol. The number of carbonyl (C=O) groups excluding carboxylic acids is 3.